The molecule has 5 nitrogen and oxygen atoms in total. The second-order valence-corrected chi connectivity index (χ2v) is 10.6. The number of hydrogen-bond acceptors (Lipinski definition) is 2. The van der Waals surface area contributed by atoms with Crippen molar-refractivity contribution in [2.45, 2.75) is 5.66 Å². The minimum absolute atomic E-state index is 0.670. The Morgan fingerprint density at radius 2 is 1.39 bits per heavy atom. The number of benzene rings is 4. The minimum atomic E-state index is -0.670. The topological polar surface area (TPSA) is 35.1 Å². The monoisotopic (exact) mass is 487 g/mol. The zero-order chi connectivity index (χ0) is 24.3. The smallest absolute Gasteiger partial charge is 0.385 e. The molecule has 4 aliphatic rings. The van der Waals surface area contributed by atoms with E-state index in [1.807, 2.05) is 0 Å². The van der Waals surface area contributed by atoms with Gasteiger partial charge in [0.2, 0.25) is 6.20 Å². The van der Waals surface area contributed by atoms with Crippen LogP contribution in [-0.2, 0) is 5.66 Å². The first-order chi connectivity index (χ1) is 18.9. The molecule has 1 unspecified atom stereocenters. The van der Waals surface area contributed by atoms with Gasteiger partial charge in [-0.2, -0.15) is 9.13 Å². The van der Waals surface area contributed by atoms with Crippen molar-refractivity contribution in [1.29, 1.82) is 0 Å². The SMILES string of the molecule is c1ccc2c(c1)-c1ccc3c4c1-n1c5c-2cccc5c2ccc[n+](c21)C41c2c(cccc2-c2occ[n+]21)O3. The highest BCUT2D eigenvalue weighted by molar-refractivity contribution is 6.15. The van der Waals surface area contributed by atoms with Crippen LogP contribution in [0.25, 0.3) is 61.3 Å². The number of ether oxygens (including phenoxy) is 1. The molecule has 3 aromatic heterocycles. The van der Waals surface area contributed by atoms with Crippen LogP contribution in [-0.4, -0.2) is 4.57 Å². The molecular weight excluding hydrogens is 470 g/mol. The highest BCUT2D eigenvalue weighted by Gasteiger charge is 2.69. The third-order valence-corrected chi connectivity index (χ3v) is 9.08. The van der Waals surface area contributed by atoms with Crippen molar-refractivity contribution in [2.75, 3.05) is 0 Å². The number of pyridine rings is 1. The highest BCUT2D eigenvalue weighted by Crippen LogP contribution is 2.59. The molecule has 11 rings (SSSR count). The summed E-state index contributed by atoms with van der Waals surface area (Å²) in [5.74, 6) is 2.60. The molecule has 4 aliphatic heterocycles. The van der Waals surface area contributed by atoms with Crippen LogP contribution >= 0.6 is 0 Å². The van der Waals surface area contributed by atoms with Gasteiger partial charge in [0.15, 0.2) is 17.5 Å². The molecule has 1 atom stereocenters. The average Bonchev–Trinajstić information content (AvgIpc) is 3.63. The molecule has 0 aliphatic carbocycles. The summed E-state index contributed by atoms with van der Waals surface area (Å²) >= 11 is 0. The van der Waals surface area contributed by atoms with Crippen LogP contribution < -0.4 is 13.9 Å². The van der Waals surface area contributed by atoms with Gasteiger partial charge in [0.05, 0.1) is 11.6 Å². The number of nitrogens with zero attached hydrogens (tertiary/aromatic N) is 3. The van der Waals surface area contributed by atoms with Crippen LogP contribution in [0.4, 0.5) is 0 Å². The van der Waals surface area contributed by atoms with E-state index in [4.69, 9.17) is 9.15 Å². The lowest BCUT2D eigenvalue weighted by Crippen LogP contribution is -2.75. The third-order valence-electron chi connectivity index (χ3n) is 9.08. The molecule has 0 saturated carbocycles. The Labute approximate surface area is 216 Å². The summed E-state index contributed by atoms with van der Waals surface area (Å²) in [5.41, 5.74) is 11.2. The molecule has 0 N–H and O–H groups in total. The second kappa shape index (κ2) is 5.55. The van der Waals surface area contributed by atoms with Crippen LogP contribution in [0, 0.1) is 0 Å². The first kappa shape index (κ1) is 18.1. The van der Waals surface area contributed by atoms with Crippen molar-refractivity contribution >= 4 is 21.9 Å². The summed E-state index contributed by atoms with van der Waals surface area (Å²) < 4.78 is 20.2. The van der Waals surface area contributed by atoms with Crippen molar-refractivity contribution in [1.82, 2.24) is 4.57 Å². The number of hydrogen-bond donors (Lipinski definition) is 0. The molecule has 1 spiro atoms. The largest absolute Gasteiger partial charge is 0.456 e. The van der Waals surface area contributed by atoms with Crippen LogP contribution in [0.3, 0.4) is 0 Å². The van der Waals surface area contributed by atoms with Crippen LogP contribution in [0.5, 0.6) is 11.5 Å². The van der Waals surface area contributed by atoms with Gasteiger partial charge in [-0.25, -0.2) is 0 Å². The van der Waals surface area contributed by atoms with E-state index < -0.39 is 5.66 Å². The molecule has 0 fully saturated rings. The average molecular weight is 488 g/mol. The lowest BCUT2D eigenvalue weighted by molar-refractivity contribution is -0.955. The van der Waals surface area contributed by atoms with Gasteiger partial charge in [-0.15, -0.1) is 4.57 Å². The Hall–Kier alpha value is -5.16. The van der Waals surface area contributed by atoms with E-state index >= 15 is 0 Å². The Balaban J connectivity index is 1.53. The normalized spacial score (nSPS) is 17.8. The van der Waals surface area contributed by atoms with Gasteiger partial charge in [0, 0.05) is 16.5 Å². The summed E-state index contributed by atoms with van der Waals surface area (Å²) in [6.45, 7) is 0. The summed E-state index contributed by atoms with van der Waals surface area (Å²) in [5, 5.41) is 2.50. The van der Waals surface area contributed by atoms with E-state index in [9.17, 15) is 0 Å². The maximum absolute atomic E-state index is 6.73. The number of fused-ring (bicyclic) bond motifs is 6. The van der Waals surface area contributed by atoms with Gasteiger partial charge < -0.3 is 9.15 Å². The molecular formula is C33H17N3O2+2. The quantitative estimate of drug-likeness (QED) is 0.236. The Morgan fingerprint density at radius 3 is 2.34 bits per heavy atom. The van der Waals surface area contributed by atoms with Gasteiger partial charge in [-0.1, -0.05) is 42.5 Å². The fourth-order valence-electron chi connectivity index (χ4n) is 7.86. The molecule has 0 radical (unpaired) electrons. The molecule has 0 bridgehead atoms. The van der Waals surface area contributed by atoms with E-state index in [0.29, 0.717) is 0 Å². The zero-order valence-corrected chi connectivity index (χ0v) is 20.0. The van der Waals surface area contributed by atoms with Gasteiger partial charge in [0.25, 0.3) is 0 Å². The maximum Gasteiger partial charge on any atom is 0.385 e. The summed E-state index contributed by atoms with van der Waals surface area (Å²) in [6.07, 6.45) is 6.10. The minimum Gasteiger partial charge on any atom is -0.456 e. The van der Waals surface area contributed by atoms with Crippen molar-refractivity contribution < 1.29 is 18.3 Å². The van der Waals surface area contributed by atoms with Crippen LogP contribution in [0.2, 0.25) is 0 Å². The number of rotatable bonds is 0. The lowest BCUT2D eigenvalue weighted by atomic mass is 9.82. The maximum atomic E-state index is 6.73. The van der Waals surface area contributed by atoms with Crippen molar-refractivity contribution in [2.24, 2.45) is 0 Å². The van der Waals surface area contributed by atoms with Gasteiger partial charge >= 0.3 is 17.2 Å². The molecule has 7 aromatic rings. The van der Waals surface area contributed by atoms with Crippen molar-refractivity contribution in [3.63, 3.8) is 0 Å². The standard InChI is InChI=1S/C33H17N3O2/c1-2-7-19-18(6-1)20-8-3-9-21-23-11-5-15-34-31(23)36(29(20)21)30-22(19)13-14-26-28(30)33(34)27-24(10-4-12-25(27)38-26)32-35(33)16-17-37-32/h1-17H/q+2. The van der Waals surface area contributed by atoms with Gasteiger partial charge in [-0.3, -0.25) is 0 Å². The van der Waals surface area contributed by atoms with Gasteiger partial charge in [-0.05, 0) is 53.6 Å². The van der Waals surface area contributed by atoms with E-state index in [2.05, 4.69) is 111 Å². The number of para-hydroxylation sites is 1. The van der Waals surface area contributed by atoms with Crippen molar-refractivity contribution in [3.8, 4) is 50.9 Å². The van der Waals surface area contributed by atoms with E-state index in [-0.39, 0.29) is 0 Å². The van der Waals surface area contributed by atoms with E-state index in [1.165, 1.54) is 49.9 Å². The third kappa shape index (κ3) is 1.60. The predicted molar refractivity (Wildman–Crippen MR) is 141 cm³/mol. The molecule has 7 heterocycles. The first-order valence-corrected chi connectivity index (χ1v) is 12.9. The lowest BCUT2D eigenvalue weighted by Gasteiger charge is -2.34. The fourth-order valence-corrected chi connectivity index (χ4v) is 7.86. The Morgan fingerprint density at radius 1 is 0.605 bits per heavy atom. The van der Waals surface area contributed by atoms with Crippen LogP contribution in [0.1, 0.15) is 11.1 Å². The molecule has 0 saturated heterocycles. The van der Waals surface area contributed by atoms with Crippen molar-refractivity contribution in [3.05, 3.63) is 115 Å². The molecule has 0 amide bonds. The second-order valence-electron chi connectivity index (χ2n) is 10.6. The summed E-state index contributed by atoms with van der Waals surface area (Å²) in [7, 11) is 0. The Bertz CT molecular complexity index is 2290. The van der Waals surface area contributed by atoms with E-state index in [1.54, 1.807) is 6.26 Å². The summed E-state index contributed by atoms with van der Waals surface area (Å²) in [6, 6.07) is 30.6. The molecule has 4 aromatic carbocycles. The number of oxazole rings is 1. The predicted octanol–water partition coefficient (Wildman–Crippen LogP) is 6.30. The fraction of sp³-hybridized carbons (Fsp3) is 0.0303. The highest BCUT2D eigenvalue weighted by atomic mass is 16.5. The molecule has 38 heavy (non-hydrogen) atoms. The molecule has 5 heteroatoms. The van der Waals surface area contributed by atoms with E-state index in [0.717, 1.165) is 34.1 Å². The van der Waals surface area contributed by atoms with Crippen LogP contribution in [0.15, 0.2) is 108 Å². The Kier molecular flexibility index (Phi) is 2.65. The zero-order valence-electron chi connectivity index (χ0n) is 20.0. The number of aromatic nitrogens is 3. The first-order valence-electron chi connectivity index (χ1n) is 12.9. The van der Waals surface area contributed by atoms with Gasteiger partial charge in [0.1, 0.15) is 28.1 Å². The molecule has 174 valence electrons. The summed E-state index contributed by atoms with van der Waals surface area (Å²) in [4.78, 5) is 0.